The molecule has 1 rings (SSSR count). The summed E-state index contributed by atoms with van der Waals surface area (Å²) < 4.78 is 0. The van der Waals surface area contributed by atoms with E-state index in [2.05, 4.69) is 5.92 Å². The Balaban J connectivity index is 0.00000121. The lowest BCUT2D eigenvalue weighted by atomic mass is 10.0. The van der Waals surface area contributed by atoms with Gasteiger partial charge in [0.05, 0.1) is 0 Å². The van der Waals surface area contributed by atoms with Gasteiger partial charge in [0.1, 0.15) is 0 Å². The van der Waals surface area contributed by atoms with E-state index in [0.717, 1.165) is 0 Å². The first-order valence-corrected chi connectivity index (χ1v) is 3.14. The van der Waals surface area contributed by atoms with Crippen LogP contribution in [0.25, 0.3) is 0 Å². The standard InChI is InChI=1S/C9H6O2.CH4/c1-2-3-7-6-8(10)4-5-9(7)11;/h1,4-6H,3H2;1H4. The first-order chi connectivity index (χ1) is 5.24. The smallest absolute Gasteiger partial charge is 0.183 e. The van der Waals surface area contributed by atoms with Gasteiger partial charge in [-0.3, -0.25) is 9.59 Å². The van der Waals surface area contributed by atoms with Crippen molar-refractivity contribution in [1.29, 1.82) is 0 Å². The van der Waals surface area contributed by atoms with Crippen molar-refractivity contribution >= 4 is 11.6 Å². The van der Waals surface area contributed by atoms with E-state index in [4.69, 9.17) is 6.42 Å². The number of ketones is 2. The highest BCUT2D eigenvalue weighted by Crippen LogP contribution is 2.07. The van der Waals surface area contributed by atoms with Gasteiger partial charge in [-0.15, -0.1) is 12.3 Å². The summed E-state index contributed by atoms with van der Waals surface area (Å²) in [5, 5.41) is 0. The summed E-state index contributed by atoms with van der Waals surface area (Å²) in [5.41, 5.74) is 0.403. The van der Waals surface area contributed by atoms with Crippen LogP contribution in [-0.2, 0) is 9.59 Å². The molecule has 0 amide bonds. The molecule has 0 radical (unpaired) electrons. The maximum absolute atomic E-state index is 10.9. The molecule has 0 N–H and O–H groups in total. The Morgan fingerprint density at radius 3 is 2.58 bits per heavy atom. The van der Waals surface area contributed by atoms with Gasteiger partial charge in [0.2, 0.25) is 0 Å². The molecule has 0 aromatic heterocycles. The molecule has 1 aliphatic carbocycles. The minimum absolute atomic E-state index is 0. The van der Waals surface area contributed by atoms with E-state index in [1.807, 2.05) is 0 Å². The zero-order valence-corrected chi connectivity index (χ0v) is 5.83. The molecule has 2 heteroatoms. The van der Waals surface area contributed by atoms with Gasteiger partial charge in [0.25, 0.3) is 0 Å². The fraction of sp³-hybridized carbons (Fsp3) is 0.200. The molecule has 0 aromatic carbocycles. The van der Waals surface area contributed by atoms with Gasteiger partial charge >= 0.3 is 0 Å². The van der Waals surface area contributed by atoms with Crippen molar-refractivity contribution in [1.82, 2.24) is 0 Å². The van der Waals surface area contributed by atoms with Crippen LogP contribution in [0, 0.1) is 12.3 Å². The molecule has 0 atom stereocenters. The minimum atomic E-state index is -0.171. The van der Waals surface area contributed by atoms with Gasteiger partial charge < -0.3 is 0 Å². The van der Waals surface area contributed by atoms with Crippen LogP contribution in [0.5, 0.6) is 0 Å². The van der Waals surface area contributed by atoms with E-state index >= 15 is 0 Å². The molecule has 0 unspecified atom stereocenters. The molecule has 12 heavy (non-hydrogen) atoms. The van der Waals surface area contributed by atoms with E-state index in [-0.39, 0.29) is 25.4 Å². The lowest BCUT2D eigenvalue weighted by molar-refractivity contribution is -0.114. The van der Waals surface area contributed by atoms with Gasteiger partial charge in [0.15, 0.2) is 11.6 Å². The Morgan fingerprint density at radius 1 is 1.33 bits per heavy atom. The molecule has 0 saturated heterocycles. The number of allylic oxidation sites excluding steroid dienone is 4. The first-order valence-electron chi connectivity index (χ1n) is 3.14. The van der Waals surface area contributed by atoms with Crippen molar-refractivity contribution in [3.63, 3.8) is 0 Å². The van der Waals surface area contributed by atoms with Crippen LogP contribution in [0.2, 0.25) is 0 Å². The highest BCUT2D eigenvalue weighted by atomic mass is 16.1. The molecule has 2 nitrogen and oxygen atoms in total. The summed E-state index contributed by atoms with van der Waals surface area (Å²) in [6, 6.07) is 0. The number of hydrogen-bond acceptors (Lipinski definition) is 2. The summed E-state index contributed by atoms with van der Waals surface area (Å²) in [6.45, 7) is 0. The van der Waals surface area contributed by atoms with Crippen LogP contribution in [0.3, 0.4) is 0 Å². The first kappa shape index (κ1) is 10.4. The molecule has 0 saturated carbocycles. The zero-order valence-electron chi connectivity index (χ0n) is 5.83. The van der Waals surface area contributed by atoms with Gasteiger partial charge in [0, 0.05) is 12.0 Å². The van der Waals surface area contributed by atoms with E-state index in [0.29, 0.717) is 5.57 Å². The van der Waals surface area contributed by atoms with E-state index in [9.17, 15) is 9.59 Å². The third kappa shape index (κ3) is 2.21. The van der Waals surface area contributed by atoms with Crippen LogP contribution in [0.15, 0.2) is 23.8 Å². The summed E-state index contributed by atoms with van der Waals surface area (Å²) in [5.74, 6) is 1.98. The van der Waals surface area contributed by atoms with Crippen LogP contribution < -0.4 is 0 Å². The van der Waals surface area contributed by atoms with E-state index in [1.165, 1.54) is 18.2 Å². The average Bonchev–Trinajstić information content (AvgIpc) is 1.98. The third-order valence-corrected chi connectivity index (χ3v) is 1.32. The van der Waals surface area contributed by atoms with Crippen molar-refractivity contribution < 1.29 is 9.59 Å². The number of rotatable bonds is 1. The predicted octanol–water partition coefficient (Wildman–Crippen LogP) is 1.28. The van der Waals surface area contributed by atoms with Gasteiger partial charge in [-0.1, -0.05) is 7.43 Å². The largest absolute Gasteiger partial charge is 0.290 e. The van der Waals surface area contributed by atoms with E-state index < -0.39 is 0 Å². The molecular weight excluding hydrogens is 152 g/mol. The zero-order chi connectivity index (χ0) is 8.27. The van der Waals surface area contributed by atoms with Gasteiger partial charge in [-0.2, -0.15) is 0 Å². The molecule has 0 heterocycles. The van der Waals surface area contributed by atoms with Crippen molar-refractivity contribution in [3.8, 4) is 12.3 Å². The number of hydrogen-bond donors (Lipinski definition) is 0. The third-order valence-electron chi connectivity index (χ3n) is 1.32. The Kier molecular flexibility index (Phi) is 3.72. The maximum atomic E-state index is 10.9. The van der Waals surface area contributed by atoms with Gasteiger partial charge in [-0.05, 0) is 18.2 Å². The molecule has 1 aliphatic rings. The van der Waals surface area contributed by atoms with Gasteiger partial charge in [-0.25, -0.2) is 0 Å². The summed E-state index contributed by atoms with van der Waals surface area (Å²) in [6.07, 6.45) is 8.98. The molecular formula is C10H10O2. The number of terminal acetylenes is 1. The van der Waals surface area contributed by atoms with Crippen LogP contribution in [-0.4, -0.2) is 11.6 Å². The molecule has 0 fully saturated rings. The summed E-state index contributed by atoms with van der Waals surface area (Å²) in [7, 11) is 0. The quantitative estimate of drug-likeness (QED) is 0.430. The van der Waals surface area contributed by atoms with Crippen molar-refractivity contribution in [2.75, 3.05) is 0 Å². The second kappa shape index (κ2) is 4.30. The Hall–Kier alpha value is -1.62. The lowest BCUT2D eigenvalue weighted by Gasteiger charge is -2.00. The van der Waals surface area contributed by atoms with Crippen LogP contribution in [0.1, 0.15) is 13.8 Å². The lowest BCUT2D eigenvalue weighted by Crippen LogP contribution is -2.06. The molecule has 0 aliphatic heterocycles. The fourth-order valence-electron chi connectivity index (χ4n) is 0.804. The minimum Gasteiger partial charge on any atom is -0.290 e. The monoisotopic (exact) mass is 162 g/mol. The Bertz CT molecular complexity index is 300. The number of carbonyl (C=O) groups is 2. The Morgan fingerprint density at radius 2 is 2.00 bits per heavy atom. The second-order valence-corrected chi connectivity index (χ2v) is 2.15. The van der Waals surface area contributed by atoms with Crippen molar-refractivity contribution in [2.24, 2.45) is 0 Å². The normalized spacial score (nSPS) is 14.8. The summed E-state index contributed by atoms with van der Waals surface area (Å²) in [4.78, 5) is 21.6. The van der Waals surface area contributed by atoms with Crippen molar-refractivity contribution in [2.45, 2.75) is 13.8 Å². The number of carbonyl (C=O) groups excluding carboxylic acids is 2. The highest BCUT2D eigenvalue weighted by Gasteiger charge is 2.10. The maximum Gasteiger partial charge on any atom is 0.183 e. The topological polar surface area (TPSA) is 34.1 Å². The fourth-order valence-corrected chi connectivity index (χ4v) is 0.804. The molecule has 0 bridgehead atoms. The Labute approximate surface area is 72.0 Å². The molecule has 0 spiro atoms. The average molecular weight is 162 g/mol. The van der Waals surface area contributed by atoms with E-state index in [1.54, 1.807) is 0 Å². The summed E-state index contributed by atoms with van der Waals surface area (Å²) >= 11 is 0. The van der Waals surface area contributed by atoms with Crippen molar-refractivity contribution in [3.05, 3.63) is 23.8 Å². The molecule has 62 valence electrons. The predicted molar refractivity (Wildman–Crippen MR) is 47.4 cm³/mol. The molecule has 0 aromatic rings. The van der Waals surface area contributed by atoms with Crippen LogP contribution >= 0.6 is 0 Å². The highest BCUT2D eigenvalue weighted by molar-refractivity contribution is 6.17. The SMILES string of the molecule is C.C#CCC1=CC(=O)C=CC1=O. The second-order valence-electron chi connectivity index (χ2n) is 2.15. The van der Waals surface area contributed by atoms with Crippen LogP contribution in [0.4, 0.5) is 0 Å².